The minimum Gasteiger partial charge on any atom is -0.394 e. The molecule has 26 heavy (non-hydrogen) atoms. The van der Waals surface area contributed by atoms with E-state index in [0.717, 1.165) is 0 Å². The molecule has 0 aliphatic rings. The number of aliphatic hydroxyl groups excluding tert-OH is 1. The van der Waals surface area contributed by atoms with Gasteiger partial charge in [-0.3, -0.25) is 0 Å². The third-order valence-corrected chi connectivity index (χ3v) is 4.52. The Labute approximate surface area is 154 Å². The molecule has 0 fully saturated rings. The average molecular weight is 392 g/mol. The second-order valence-corrected chi connectivity index (χ2v) is 6.91. The van der Waals surface area contributed by atoms with E-state index < -0.39 is 16.3 Å². The summed E-state index contributed by atoms with van der Waals surface area (Å²) in [4.78, 5) is 0.210. The summed E-state index contributed by atoms with van der Waals surface area (Å²) >= 11 is 0. The number of hydrogen-bond donors (Lipinski definition) is 3. The van der Waals surface area contributed by atoms with Gasteiger partial charge >= 0.3 is 0 Å². The van der Waals surface area contributed by atoms with Crippen molar-refractivity contribution >= 4 is 10.0 Å². The van der Waals surface area contributed by atoms with Crippen LogP contribution in [0, 0.1) is 0 Å². The van der Waals surface area contributed by atoms with E-state index in [2.05, 4.69) is 4.72 Å². The summed E-state index contributed by atoms with van der Waals surface area (Å²) in [5.74, 6) is 0. The molecule has 0 amide bonds. The first-order chi connectivity index (χ1) is 12.6. The molecule has 0 saturated heterocycles. The maximum absolute atomic E-state index is 12.0. The number of nitrogens with one attached hydrogen (secondary N) is 1. The average Bonchev–Trinajstić information content (AvgIpc) is 2.64. The summed E-state index contributed by atoms with van der Waals surface area (Å²) in [6.07, 6.45) is -0.616. The third kappa shape index (κ3) is 10.8. The van der Waals surface area contributed by atoms with Crippen LogP contribution in [0.15, 0.2) is 35.2 Å². The highest BCUT2D eigenvalue weighted by Gasteiger charge is 2.12. The molecule has 0 heterocycles. The van der Waals surface area contributed by atoms with Crippen molar-refractivity contribution in [1.82, 2.24) is 4.72 Å². The summed E-state index contributed by atoms with van der Waals surface area (Å²) in [5.41, 5.74) is 5.72. The normalized spacial score (nSPS) is 13.0. The fourth-order valence-electron chi connectivity index (χ4n) is 1.82. The molecule has 0 bridgehead atoms. The van der Waals surface area contributed by atoms with Crippen molar-refractivity contribution in [2.75, 3.05) is 59.4 Å². The molecule has 9 nitrogen and oxygen atoms in total. The van der Waals surface area contributed by atoms with Gasteiger partial charge in [-0.05, 0) is 12.1 Å². The Morgan fingerprint density at radius 3 is 2.31 bits per heavy atom. The van der Waals surface area contributed by atoms with Gasteiger partial charge in [0.15, 0.2) is 0 Å². The molecule has 1 aromatic rings. The van der Waals surface area contributed by atoms with Gasteiger partial charge in [-0.1, -0.05) is 18.2 Å². The molecular weight excluding hydrogens is 364 g/mol. The number of rotatable bonds is 16. The Morgan fingerprint density at radius 2 is 1.62 bits per heavy atom. The summed E-state index contributed by atoms with van der Waals surface area (Å²) in [5, 5.41) is 8.52. The largest absolute Gasteiger partial charge is 0.394 e. The Kier molecular flexibility index (Phi) is 12.4. The highest BCUT2D eigenvalue weighted by Crippen LogP contribution is 2.06. The second kappa shape index (κ2) is 14.0. The van der Waals surface area contributed by atoms with Crippen LogP contribution in [-0.2, 0) is 29.0 Å². The molecular formula is C16H28N2O7S. The topological polar surface area (TPSA) is 129 Å². The lowest BCUT2D eigenvalue weighted by Gasteiger charge is -2.14. The molecule has 150 valence electrons. The molecule has 0 aliphatic heterocycles. The van der Waals surface area contributed by atoms with E-state index in [0.29, 0.717) is 33.0 Å². The molecule has 1 atom stereocenters. The molecule has 4 N–H and O–H groups in total. The van der Waals surface area contributed by atoms with Crippen molar-refractivity contribution in [2.45, 2.75) is 11.1 Å². The Morgan fingerprint density at radius 1 is 0.962 bits per heavy atom. The van der Waals surface area contributed by atoms with Gasteiger partial charge in [-0.15, -0.1) is 0 Å². The van der Waals surface area contributed by atoms with E-state index in [1.807, 2.05) is 0 Å². The van der Waals surface area contributed by atoms with Gasteiger partial charge in [0.25, 0.3) is 0 Å². The first kappa shape index (κ1) is 22.9. The van der Waals surface area contributed by atoms with E-state index in [1.165, 1.54) is 12.1 Å². The van der Waals surface area contributed by atoms with Crippen molar-refractivity contribution in [3.63, 3.8) is 0 Å². The molecule has 1 aromatic carbocycles. The van der Waals surface area contributed by atoms with Crippen LogP contribution in [0.1, 0.15) is 0 Å². The zero-order valence-electron chi connectivity index (χ0n) is 14.7. The minimum absolute atomic E-state index is 0.00826. The lowest BCUT2D eigenvalue weighted by atomic mass is 10.4. The summed E-state index contributed by atoms with van der Waals surface area (Å²) in [6.45, 7) is 2.26. The predicted molar refractivity (Wildman–Crippen MR) is 95.1 cm³/mol. The molecule has 10 heteroatoms. The second-order valence-electron chi connectivity index (χ2n) is 5.14. The van der Waals surface area contributed by atoms with Crippen LogP contribution in [0.25, 0.3) is 0 Å². The highest BCUT2D eigenvalue weighted by atomic mass is 32.2. The molecule has 1 rings (SSSR count). The summed E-state index contributed by atoms with van der Waals surface area (Å²) in [7, 11) is -3.52. The lowest BCUT2D eigenvalue weighted by molar-refractivity contribution is -0.0414. The van der Waals surface area contributed by atoms with Crippen LogP contribution >= 0.6 is 0 Å². The van der Waals surface area contributed by atoms with E-state index in [9.17, 15) is 8.42 Å². The number of sulfonamides is 1. The molecule has 0 saturated carbocycles. The fraction of sp³-hybridized carbons (Fsp3) is 0.625. The van der Waals surface area contributed by atoms with Crippen molar-refractivity contribution in [3.05, 3.63) is 30.3 Å². The van der Waals surface area contributed by atoms with Gasteiger partial charge in [0.2, 0.25) is 10.0 Å². The van der Waals surface area contributed by atoms with Crippen LogP contribution in [0.3, 0.4) is 0 Å². The Hall–Kier alpha value is -1.11. The number of aliphatic hydroxyl groups is 1. The van der Waals surface area contributed by atoms with Crippen LogP contribution in [0.2, 0.25) is 0 Å². The molecule has 1 unspecified atom stereocenters. The van der Waals surface area contributed by atoms with Crippen LogP contribution < -0.4 is 10.5 Å². The van der Waals surface area contributed by atoms with Crippen molar-refractivity contribution in [1.29, 1.82) is 0 Å². The van der Waals surface area contributed by atoms with Crippen LogP contribution in [0.4, 0.5) is 0 Å². The number of ether oxygens (including phenoxy) is 4. The van der Waals surface area contributed by atoms with Crippen molar-refractivity contribution in [3.8, 4) is 0 Å². The fourth-order valence-corrected chi connectivity index (χ4v) is 2.86. The van der Waals surface area contributed by atoms with Gasteiger partial charge in [0.1, 0.15) is 6.23 Å². The highest BCUT2D eigenvalue weighted by molar-refractivity contribution is 7.89. The van der Waals surface area contributed by atoms with Gasteiger partial charge < -0.3 is 29.8 Å². The molecule has 0 aliphatic carbocycles. The minimum atomic E-state index is -3.52. The van der Waals surface area contributed by atoms with Gasteiger partial charge in [0.05, 0.1) is 57.8 Å². The van der Waals surface area contributed by atoms with Gasteiger partial charge in [-0.25, -0.2) is 13.1 Å². The zero-order valence-corrected chi connectivity index (χ0v) is 15.5. The van der Waals surface area contributed by atoms with Crippen LogP contribution in [0.5, 0.6) is 0 Å². The Balaban J connectivity index is 1.99. The van der Waals surface area contributed by atoms with Crippen molar-refractivity contribution < 1.29 is 32.5 Å². The predicted octanol–water partition coefficient (Wildman–Crippen LogP) is -0.692. The van der Waals surface area contributed by atoms with E-state index in [4.69, 9.17) is 29.8 Å². The SMILES string of the molecule is NC(COCCNS(=O)(=O)c1ccccc1)OCCOCCOCCO. The van der Waals surface area contributed by atoms with Crippen molar-refractivity contribution in [2.24, 2.45) is 5.73 Å². The quantitative estimate of drug-likeness (QED) is 0.249. The summed E-state index contributed by atoms with van der Waals surface area (Å²) in [6, 6.07) is 8.11. The van der Waals surface area contributed by atoms with E-state index in [-0.39, 0.29) is 31.3 Å². The molecule has 0 aromatic heterocycles. The summed E-state index contributed by atoms with van der Waals surface area (Å²) < 4.78 is 47.2. The first-order valence-electron chi connectivity index (χ1n) is 8.32. The maximum atomic E-state index is 12.0. The van der Waals surface area contributed by atoms with Gasteiger partial charge in [0, 0.05) is 6.54 Å². The maximum Gasteiger partial charge on any atom is 0.240 e. The van der Waals surface area contributed by atoms with Gasteiger partial charge in [-0.2, -0.15) is 0 Å². The third-order valence-electron chi connectivity index (χ3n) is 3.04. The molecule has 0 radical (unpaired) electrons. The lowest BCUT2D eigenvalue weighted by Crippen LogP contribution is -2.33. The number of hydrogen-bond acceptors (Lipinski definition) is 8. The Bertz CT molecular complexity index is 557. The smallest absolute Gasteiger partial charge is 0.240 e. The standard InChI is InChI=1S/C16H28N2O7S/c17-16(25-13-12-23-11-10-22-9-7-19)14-24-8-6-18-26(20,21)15-4-2-1-3-5-15/h1-5,16,18-19H,6-14,17H2. The number of nitrogens with two attached hydrogens (primary N) is 1. The van der Waals surface area contributed by atoms with E-state index >= 15 is 0 Å². The van der Waals surface area contributed by atoms with E-state index in [1.54, 1.807) is 18.2 Å². The molecule has 0 spiro atoms. The zero-order chi connectivity index (χ0) is 19.1. The van der Waals surface area contributed by atoms with Crippen LogP contribution in [-0.4, -0.2) is 79.2 Å². The monoisotopic (exact) mass is 392 g/mol. The first-order valence-corrected chi connectivity index (χ1v) is 9.80. The number of benzene rings is 1.